The summed E-state index contributed by atoms with van der Waals surface area (Å²) in [4.78, 5) is 13.8. The Morgan fingerprint density at radius 1 is 1.45 bits per heavy atom. The van der Waals surface area contributed by atoms with Crippen molar-refractivity contribution in [3.8, 4) is 0 Å². The maximum Gasteiger partial charge on any atom is 0.248 e. The summed E-state index contributed by atoms with van der Waals surface area (Å²) in [6.45, 7) is 5.41. The third-order valence-electron chi connectivity index (χ3n) is 3.20. The molecule has 1 aromatic rings. The summed E-state index contributed by atoms with van der Waals surface area (Å²) in [5.74, 6) is -0.308. The topological polar surface area (TPSA) is 38.8 Å². The summed E-state index contributed by atoms with van der Waals surface area (Å²) in [5, 5.41) is 0. The van der Waals surface area contributed by atoms with E-state index < -0.39 is 0 Å². The van der Waals surface area contributed by atoms with E-state index in [1.165, 1.54) is 12.1 Å². The second kappa shape index (κ2) is 6.81. The van der Waals surface area contributed by atoms with Gasteiger partial charge in [-0.25, -0.2) is 4.39 Å². The molecule has 1 fully saturated rings. The van der Waals surface area contributed by atoms with Crippen LogP contribution in [0.15, 0.2) is 24.3 Å². The maximum absolute atomic E-state index is 12.9. The lowest BCUT2D eigenvalue weighted by Crippen LogP contribution is -2.44. The van der Waals surface area contributed by atoms with Crippen LogP contribution >= 0.6 is 0 Å². The van der Waals surface area contributed by atoms with Gasteiger partial charge in [-0.1, -0.05) is 12.1 Å². The van der Waals surface area contributed by atoms with Crippen LogP contribution in [0.1, 0.15) is 25.5 Å². The zero-order chi connectivity index (χ0) is 14.5. The fourth-order valence-electron chi connectivity index (χ4n) is 2.08. The molecule has 1 atom stereocenters. The van der Waals surface area contributed by atoms with Crippen molar-refractivity contribution in [1.29, 1.82) is 0 Å². The number of ether oxygens (including phenoxy) is 2. The molecule has 0 aliphatic carbocycles. The molecule has 0 bridgehead atoms. The predicted molar refractivity (Wildman–Crippen MR) is 72.8 cm³/mol. The van der Waals surface area contributed by atoms with E-state index in [0.717, 1.165) is 5.56 Å². The first-order chi connectivity index (χ1) is 9.56. The van der Waals surface area contributed by atoms with Crippen LogP contribution in [0.25, 0.3) is 0 Å². The molecular formula is C15H20FNO3. The lowest BCUT2D eigenvalue weighted by atomic mass is 10.1. The van der Waals surface area contributed by atoms with Crippen molar-refractivity contribution in [3.63, 3.8) is 0 Å². The third-order valence-corrected chi connectivity index (χ3v) is 3.20. The molecule has 0 spiro atoms. The molecule has 1 saturated heterocycles. The standard InChI is InChI=1S/C15H20FNO3/c1-11(2)20-10-15(18)17-7-8-19-14(9-17)12-3-5-13(16)6-4-12/h3-6,11,14H,7-10H2,1-2H3. The van der Waals surface area contributed by atoms with Crippen LogP contribution in [0.4, 0.5) is 4.39 Å². The van der Waals surface area contributed by atoms with Gasteiger partial charge >= 0.3 is 0 Å². The van der Waals surface area contributed by atoms with Gasteiger partial charge in [-0.05, 0) is 31.5 Å². The van der Waals surface area contributed by atoms with Crippen LogP contribution in [-0.2, 0) is 14.3 Å². The van der Waals surface area contributed by atoms with Gasteiger partial charge < -0.3 is 14.4 Å². The zero-order valence-electron chi connectivity index (χ0n) is 11.8. The van der Waals surface area contributed by atoms with E-state index >= 15 is 0 Å². The van der Waals surface area contributed by atoms with Crippen LogP contribution in [-0.4, -0.2) is 43.2 Å². The number of morpholine rings is 1. The molecule has 1 aromatic carbocycles. The van der Waals surface area contributed by atoms with Crippen molar-refractivity contribution >= 4 is 5.91 Å². The fourth-order valence-corrected chi connectivity index (χ4v) is 2.08. The number of hydrogen-bond acceptors (Lipinski definition) is 3. The Morgan fingerprint density at radius 2 is 2.15 bits per heavy atom. The second-order valence-corrected chi connectivity index (χ2v) is 5.11. The van der Waals surface area contributed by atoms with Crippen LogP contribution in [0.3, 0.4) is 0 Å². The normalized spacial score (nSPS) is 19.4. The van der Waals surface area contributed by atoms with Gasteiger partial charge in [0.15, 0.2) is 0 Å². The molecule has 1 unspecified atom stereocenters. The Labute approximate surface area is 118 Å². The molecule has 1 aliphatic rings. The molecule has 1 aliphatic heterocycles. The van der Waals surface area contributed by atoms with E-state index in [-0.39, 0.29) is 30.5 Å². The minimum atomic E-state index is -0.275. The van der Waals surface area contributed by atoms with Gasteiger partial charge in [-0.3, -0.25) is 4.79 Å². The first kappa shape index (κ1) is 14.9. The van der Waals surface area contributed by atoms with Gasteiger partial charge in [0, 0.05) is 6.54 Å². The largest absolute Gasteiger partial charge is 0.370 e. The van der Waals surface area contributed by atoms with Crippen molar-refractivity contribution < 1.29 is 18.7 Å². The smallest absolute Gasteiger partial charge is 0.248 e. The Hall–Kier alpha value is -1.46. The number of carbonyl (C=O) groups is 1. The number of benzene rings is 1. The molecule has 4 nitrogen and oxygen atoms in total. The van der Waals surface area contributed by atoms with Crippen molar-refractivity contribution in [1.82, 2.24) is 4.90 Å². The Kier molecular flexibility index (Phi) is 5.09. The van der Waals surface area contributed by atoms with E-state index in [9.17, 15) is 9.18 Å². The minimum Gasteiger partial charge on any atom is -0.370 e. The highest BCUT2D eigenvalue weighted by Gasteiger charge is 2.25. The second-order valence-electron chi connectivity index (χ2n) is 5.11. The lowest BCUT2D eigenvalue weighted by Gasteiger charge is -2.33. The first-order valence-electron chi connectivity index (χ1n) is 6.82. The van der Waals surface area contributed by atoms with Crippen LogP contribution < -0.4 is 0 Å². The lowest BCUT2D eigenvalue weighted by molar-refractivity contribution is -0.145. The summed E-state index contributed by atoms with van der Waals surface area (Å²) in [7, 11) is 0. The van der Waals surface area contributed by atoms with Crippen LogP contribution in [0, 0.1) is 5.82 Å². The molecule has 2 rings (SSSR count). The van der Waals surface area contributed by atoms with E-state index in [1.54, 1.807) is 17.0 Å². The van der Waals surface area contributed by atoms with E-state index in [2.05, 4.69) is 0 Å². The number of amides is 1. The third kappa shape index (κ3) is 4.02. The Bertz CT molecular complexity index is 447. The SMILES string of the molecule is CC(C)OCC(=O)N1CCOC(c2ccc(F)cc2)C1. The van der Waals surface area contributed by atoms with Gasteiger partial charge in [0.2, 0.25) is 5.91 Å². The monoisotopic (exact) mass is 281 g/mol. The van der Waals surface area contributed by atoms with Crippen molar-refractivity contribution in [2.45, 2.75) is 26.1 Å². The molecule has 0 radical (unpaired) electrons. The molecule has 0 aromatic heterocycles. The molecule has 110 valence electrons. The number of nitrogens with zero attached hydrogens (tertiary/aromatic N) is 1. The summed E-state index contributed by atoms with van der Waals surface area (Å²) in [6, 6.07) is 6.19. The summed E-state index contributed by atoms with van der Waals surface area (Å²) >= 11 is 0. The fraction of sp³-hybridized carbons (Fsp3) is 0.533. The van der Waals surface area contributed by atoms with Gasteiger partial charge in [-0.2, -0.15) is 0 Å². The van der Waals surface area contributed by atoms with Gasteiger partial charge in [-0.15, -0.1) is 0 Å². The maximum atomic E-state index is 12.9. The number of carbonyl (C=O) groups excluding carboxylic acids is 1. The van der Waals surface area contributed by atoms with Crippen LogP contribution in [0.2, 0.25) is 0 Å². The Balaban J connectivity index is 1.94. The summed E-state index contributed by atoms with van der Waals surface area (Å²) in [6.07, 6.45) is -0.166. The van der Waals surface area contributed by atoms with Gasteiger partial charge in [0.05, 0.1) is 19.3 Å². The molecule has 20 heavy (non-hydrogen) atoms. The summed E-state index contributed by atoms with van der Waals surface area (Å²) < 4.78 is 23.9. The average Bonchev–Trinajstić information content (AvgIpc) is 2.45. The number of hydrogen-bond donors (Lipinski definition) is 0. The van der Waals surface area contributed by atoms with E-state index in [0.29, 0.717) is 19.7 Å². The Morgan fingerprint density at radius 3 is 2.80 bits per heavy atom. The van der Waals surface area contributed by atoms with E-state index in [4.69, 9.17) is 9.47 Å². The number of halogens is 1. The number of rotatable bonds is 4. The quantitative estimate of drug-likeness (QED) is 0.849. The zero-order valence-corrected chi connectivity index (χ0v) is 11.8. The van der Waals surface area contributed by atoms with Crippen molar-refractivity contribution in [2.75, 3.05) is 26.3 Å². The summed E-state index contributed by atoms with van der Waals surface area (Å²) in [5.41, 5.74) is 0.883. The first-order valence-corrected chi connectivity index (χ1v) is 6.82. The predicted octanol–water partition coefficient (Wildman–Crippen LogP) is 2.15. The van der Waals surface area contributed by atoms with Gasteiger partial charge in [0.1, 0.15) is 18.5 Å². The van der Waals surface area contributed by atoms with Gasteiger partial charge in [0.25, 0.3) is 0 Å². The molecule has 1 heterocycles. The highest BCUT2D eigenvalue weighted by Crippen LogP contribution is 2.22. The van der Waals surface area contributed by atoms with Crippen LogP contribution in [0.5, 0.6) is 0 Å². The molecule has 1 amide bonds. The highest BCUT2D eigenvalue weighted by molar-refractivity contribution is 5.77. The van der Waals surface area contributed by atoms with E-state index in [1.807, 2.05) is 13.8 Å². The molecule has 5 heteroatoms. The van der Waals surface area contributed by atoms with Crippen molar-refractivity contribution in [2.24, 2.45) is 0 Å². The van der Waals surface area contributed by atoms with Crippen molar-refractivity contribution in [3.05, 3.63) is 35.6 Å². The molecule has 0 saturated carbocycles. The highest BCUT2D eigenvalue weighted by atomic mass is 19.1. The average molecular weight is 281 g/mol. The minimum absolute atomic E-state index is 0.0332. The molecular weight excluding hydrogens is 261 g/mol. The molecule has 0 N–H and O–H groups in total.